The molecule has 2 aromatic carbocycles. The Morgan fingerprint density at radius 1 is 1.11 bits per heavy atom. The smallest absolute Gasteiger partial charge is 0.244 e. The SMILES string of the molecule is COc1cccc(Oc2ccc(CNS(=O)(=O)c3cccc(Cl)c3O)cn2)c1. The van der Waals surface area contributed by atoms with Gasteiger partial charge < -0.3 is 14.6 Å². The highest BCUT2D eigenvalue weighted by Gasteiger charge is 2.20. The van der Waals surface area contributed by atoms with E-state index in [2.05, 4.69) is 9.71 Å². The lowest BCUT2D eigenvalue weighted by molar-refractivity contribution is 0.407. The minimum Gasteiger partial charge on any atom is -0.505 e. The van der Waals surface area contributed by atoms with Crippen molar-refractivity contribution in [3.63, 3.8) is 0 Å². The van der Waals surface area contributed by atoms with Crippen molar-refractivity contribution in [1.29, 1.82) is 0 Å². The predicted octanol–water partition coefficient (Wildman–Crippen LogP) is 3.72. The minimum atomic E-state index is -3.94. The molecule has 2 N–H and O–H groups in total. The van der Waals surface area contributed by atoms with Gasteiger partial charge in [-0.2, -0.15) is 0 Å². The van der Waals surface area contributed by atoms with Crippen molar-refractivity contribution in [2.24, 2.45) is 0 Å². The molecule has 0 spiro atoms. The third-order valence-corrected chi connectivity index (χ3v) is 5.50. The summed E-state index contributed by atoms with van der Waals surface area (Å²) in [6.45, 7) is -0.0132. The molecule has 146 valence electrons. The molecule has 0 amide bonds. The van der Waals surface area contributed by atoms with Crippen LogP contribution in [0.1, 0.15) is 5.56 Å². The second-order valence-corrected chi connectivity index (χ2v) is 7.84. The summed E-state index contributed by atoms with van der Waals surface area (Å²) in [6, 6.07) is 14.5. The largest absolute Gasteiger partial charge is 0.505 e. The Morgan fingerprint density at radius 3 is 2.57 bits per heavy atom. The van der Waals surface area contributed by atoms with E-state index in [0.29, 0.717) is 22.9 Å². The number of hydrogen-bond donors (Lipinski definition) is 2. The number of para-hydroxylation sites is 1. The van der Waals surface area contributed by atoms with Crippen molar-refractivity contribution in [1.82, 2.24) is 9.71 Å². The first kappa shape index (κ1) is 19.9. The van der Waals surface area contributed by atoms with E-state index in [9.17, 15) is 13.5 Å². The zero-order valence-corrected chi connectivity index (χ0v) is 16.4. The maximum atomic E-state index is 12.4. The quantitative estimate of drug-likeness (QED) is 0.604. The molecule has 0 bridgehead atoms. The van der Waals surface area contributed by atoms with Gasteiger partial charge in [-0.15, -0.1) is 0 Å². The van der Waals surface area contributed by atoms with E-state index >= 15 is 0 Å². The zero-order valence-electron chi connectivity index (χ0n) is 14.8. The van der Waals surface area contributed by atoms with Crippen LogP contribution in [0.3, 0.4) is 0 Å². The molecule has 0 saturated heterocycles. The number of nitrogens with zero attached hydrogens (tertiary/aromatic N) is 1. The van der Waals surface area contributed by atoms with E-state index in [0.717, 1.165) is 0 Å². The van der Waals surface area contributed by atoms with E-state index in [-0.39, 0.29) is 16.5 Å². The molecule has 0 aliphatic heterocycles. The lowest BCUT2D eigenvalue weighted by Crippen LogP contribution is -2.23. The van der Waals surface area contributed by atoms with Crippen LogP contribution >= 0.6 is 11.6 Å². The van der Waals surface area contributed by atoms with Crippen LogP contribution in [0.25, 0.3) is 0 Å². The van der Waals surface area contributed by atoms with Gasteiger partial charge in [-0.05, 0) is 29.8 Å². The molecule has 28 heavy (non-hydrogen) atoms. The number of halogens is 1. The Balaban J connectivity index is 1.66. The molecule has 3 rings (SSSR count). The standard InChI is InChI=1S/C19H17ClN2O5S/c1-26-14-4-2-5-15(10-14)27-18-9-8-13(11-21-18)12-22-28(24,25)17-7-3-6-16(20)19(17)23/h2-11,22-23H,12H2,1H3. The highest BCUT2D eigenvalue weighted by Crippen LogP contribution is 2.30. The van der Waals surface area contributed by atoms with Gasteiger partial charge in [0.2, 0.25) is 15.9 Å². The minimum absolute atomic E-state index is 0.0132. The molecule has 0 unspecified atom stereocenters. The molecule has 3 aromatic rings. The maximum absolute atomic E-state index is 12.4. The van der Waals surface area contributed by atoms with Gasteiger partial charge in [0.1, 0.15) is 16.4 Å². The zero-order chi connectivity index (χ0) is 20.1. The average Bonchev–Trinajstić information content (AvgIpc) is 2.69. The van der Waals surface area contributed by atoms with Gasteiger partial charge in [0.05, 0.1) is 12.1 Å². The van der Waals surface area contributed by atoms with Crippen LogP contribution in [-0.4, -0.2) is 25.6 Å². The summed E-state index contributed by atoms with van der Waals surface area (Å²) in [6.07, 6.45) is 1.50. The summed E-state index contributed by atoms with van der Waals surface area (Å²) < 4.78 is 37.9. The van der Waals surface area contributed by atoms with Crippen LogP contribution in [0.4, 0.5) is 0 Å². The number of nitrogens with one attached hydrogen (secondary N) is 1. The van der Waals surface area contributed by atoms with Gasteiger partial charge in [-0.25, -0.2) is 18.1 Å². The second kappa shape index (κ2) is 8.47. The molecule has 0 aliphatic carbocycles. The Hall–Kier alpha value is -2.81. The molecule has 0 aliphatic rings. The normalized spacial score (nSPS) is 11.2. The monoisotopic (exact) mass is 420 g/mol. The van der Waals surface area contributed by atoms with Crippen molar-refractivity contribution >= 4 is 21.6 Å². The summed E-state index contributed by atoms with van der Waals surface area (Å²) in [7, 11) is -2.37. The van der Waals surface area contributed by atoms with Crippen molar-refractivity contribution in [2.45, 2.75) is 11.4 Å². The molecule has 0 atom stereocenters. The number of rotatable bonds is 7. The van der Waals surface area contributed by atoms with E-state index in [1.807, 2.05) is 0 Å². The van der Waals surface area contributed by atoms with Crippen molar-refractivity contribution in [3.8, 4) is 23.1 Å². The van der Waals surface area contributed by atoms with Gasteiger partial charge in [-0.3, -0.25) is 0 Å². The second-order valence-electron chi connectivity index (χ2n) is 5.70. The molecule has 0 fully saturated rings. The van der Waals surface area contributed by atoms with Crippen LogP contribution in [0, 0.1) is 0 Å². The summed E-state index contributed by atoms with van der Waals surface area (Å²) in [4.78, 5) is 3.88. The number of phenols is 1. The number of aromatic hydroxyl groups is 1. The Kier molecular flexibility index (Phi) is 6.03. The Labute approximate surface area is 167 Å². The molecule has 1 aromatic heterocycles. The topological polar surface area (TPSA) is 97.8 Å². The van der Waals surface area contributed by atoms with Crippen LogP contribution in [0.5, 0.6) is 23.1 Å². The Bertz CT molecular complexity index is 1070. The molecule has 0 radical (unpaired) electrons. The predicted molar refractivity (Wildman–Crippen MR) is 104 cm³/mol. The third-order valence-electron chi connectivity index (χ3n) is 3.77. The van der Waals surface area contributed by atoms with Crippen molar-refractivity contribution in [3.05, 3.63) is 71.4 Å². The van der Waals surface area contributed by atoms with Gasteiger partial charge in [0, 0.05) is 24.9 Å². The fourth-order valence-corrected chi connectivity index (χ4v) is 3.69. The number of benzene rings is 2. The average molecular weight is 421 g/mol. The van der Waals surface area contributed by atoms with Gasteiger partial charge >= 0.3 is 0 Å². The first-order valence-corrected chi connectivity index (χ1v) is 9.99. The van der Waals surface area contributed by atoms with E-state index in [1.165, 1.54) is 24.4 Å². The first-order chi connectivity index (χ1) is 13.4. The van der Waals surface area contributed by atoms with Crippen molar-refractivity contribution in [2.75, 3.05) is 7.11 Å². The number of pyridine rings is 1. The third kappa shape index (κ3) is 4.72. The summed E-state index contributed by atoms with van der Waals surface area (Å²) in [5.41, 5.74) is 0.614. The van der Waals surface area contributed by atoms with E-state index in [4.69, 9.17) is 21.1 Å². The molecule has 1 heterocycles. The number of sulfonamides is 1. The first-order valence-electron chi connectivity index (χ1n) is 8.13. The summed E-state index contributed by atoms with van der Waals surface area (Å²) in [5, 5.41) is 9.82. The van der Waals surface area contributed by atoms with Crippen LogP contribution in [-0.2, 0) is 16.6 Å². The van der Waals surface area contributed by atoms with Crippen molar-refractivity contribution < 1.29 is 23.0 Å². The van der Waals surface area contributed by atoms with E-state index in [1.54, 1.807) is 43.5 Å². The number of phenolic OH excluding ortho intramolecular Hbond substituents is 1. The molecular formula is C19H17ClN2O5S. The molecule has 7 nitrogen and oxygen atoms in total. The van der Waals surface area contributed by atoms with Gasteiger partial charge in [-0.1, -0.05) is 29.8 Å². The number of aromatic nitrogens is 1. The highest BCUT2D eigenvalue weighted by atomic mass is 35.5. The molecule has 9 heteroatoms. The number of hydrogen-bond acceptors (Lipinski definition) is 6. The fraction of sp³-hybridized carbons (Fsp3) is 0.105. The lowest BCUT2D eigenvalue weighted by Gasteiger charge is -2.10. The van der Waals surface area contributed by atoms with Crippen LogP contribution in [0.2, 0.25) is 5.02 Å². The van der Waals surface area contributed by atoms with Gasteiger partial charge in [0.15, 0.2) is 5.75 Å². The van der Waals surface area contributed by atoms with Crippen LogP contribution < -0.4 is 14.2 Å². The van der Waals surface area contributed by atoms with E-state index < -0.39 is 15.8 Å². The Morgan fingerprint density at radius 2 is 1.86 bits per heavy atom. The van der Waals surface area contributed by atoms with Gasteiger partial charge in [0.25, 0.3) is 0 Å². The summed E-state index contributed by atoms with van der Waals surface area (Å²) in [5.74, 6) is 1.09. The lowest BCUT2D eigenvalue weighted by atomic mass is 10.3. The molecular weight excluding hydrogens is 404 g/mol. The van der Waals surface area contributed by atoms with Crippen LogP contribution in [0.15, 0.2) is 65.7 Å². The number of ether oxygens (including phenoxy) is 2. The fourth-order valence-electron chi connectivity index (χ4n) is 2.33. The maximum Gasteiger partial charge on any atom is 0.244 e. The molecule has 0 saturated carbocycles. The highest BCUT2D eigenvalue weighted by molar-refractivity contribution is 7.89. The number of methoxy groups -OCH3 is 1. The summed E-state index contributed by atoms with van der Waals surface area (Å²) >= 11 is 5.77.